The molecule has 0 radical (unpaired) electrons. The molecular formula is C18H21N5OS. The van der Waals surface area contributed by atoms with Gasteiger partial charge in [-0.2, -0.15) is 5.10 Å². The first-order chi connectivity index (χ1) is 12.0. The van der Waals surface area contributed by atoms with E-state index in [0.29, 0.717) is 13.1 Å². The molecule has 7 heteroatoms. The fraction of sp³-hybridized carbons (Fsp3) is 0.333. The summed E-state index contributed by atoms with van der Waals surface area (Å²) in [6.07, 6.45) is 6.87. The molecule has 0 unspecified atom stereocenters. The van der Waals surface area contributed by atoms with Crippen molar-refractivity contribution in [1.29, 1.82) is 0 Å². The van der Waals surface area contributed by atoms with Crippen LogP contribution in [0.4, 0.5) is 0 Å². The largest absolute Gasteiger partial charge is 0.354 e. The Hall–Kier alpha value is -2.54. The van der Waals surface area contributed by atoms with Crippen LogP contribution in [0.5, 0.6) is 0 Å². The van der Waals surface area contributed by atoms with Crippen molar-refractivity contribution in [1.82, 2.24) is 25.1 Å². The minimum atomic E-state index is -0.397. The van der Waals surface area contributed by atoms with Gasteiger partial charge in [-0.3, -0.25) is 19.4 Å². The van der Waals surface area contributed by atoms with Crippen LogP contribution < -0.4 is 5.32 Å². The SMILES string of the molecule is CC(C)(C)C(=O)NCCn1ncc(-c2cnccn2)c1-c1cccs1. The molecule has 0 saturated carbocycles. The number of carbonyl (C=O) groups is 1. The molecule has 3 heterocycles. The molecule has 25 heavy (non-hydrogen) atoms. The van der Waals surface area contributed by atoms with Crippen molar-refractivity contribution in [3.63, 3.8) is 0 Å². The van der Waals surface area contributed by atoms with E-state index in [4.69, 9.17) is 0 Å². The molecule has 1 amide bonds. The summed E-state index contributed by atoms with van der Waals surface area (Å²) < 4.78 is 1.92. The third kappa shape index (κ3) is 3.93. The zero-order valence-corrected chi connectivity index (χ0v) is 15.4. The summed E-state index contributed by atoms with van der Waals surface area (Å²) in [6.45, 7) is 6.82. The third-order valence-corrected chi connectivity index (χ3v) is 4.60. The number of nitrogens with zero attached hydrogens (tertiary/aromatic N) is 4. The van der Waals surface area contributed by atoms with Gasteiger partial charge in [-0.05, 0) is 11.4 Å². The second kappa shape index (κ2) is 7.14. The number of aromatic nitrogens is 4. The lowest BCUT2D eigenvalue weighted by Crippen LogP contribution is -2.36. The van der Waals surface area contributed by atoms with E-state index >= 15 is 0 Å². The average molecular weight is 355 g/mol. The van der Waals surface area contributed by atoms with E-state index in [1.165, 1.54) is 0 Å². The molecule has 0 spiro atoms. The van der Waals surface area contributed by atoms with Gasteiger partial charge in [-0.25, -0.2) is 0 Å². The van der Waals surface area contributed by atoms with Gasteiger partial charge in [0.15, 0.2) is 0 Å². The van der Waals surface area contributed by atoms with Crippen molar-refractivity contribution < 1.29 is 4.79 Å². The number of rotatable bonds is 5. The first kappa shape index (κ1) is 17.3. The van der Waals surface area contributed by atoms with Gasteiger partial charge in [0, 0.05) is 29.9 Å². The van der Waals surface area contributed by atoms with Crippen LogP contribution in [0.2, 0.25) is 0 Å². The Morgan fingerprint density at radius 3 is 2.76 bits per heavy atom. The lowest BCUT2D eigenvalue weighted by Gasteiger charge is -2.18. The molecule has 0 atom stereocenters. The van der Waals surface area contributed by atoms with Crippen LogP contribution >= 0.6 is 11.3 Å². The second-order valence-electron chi connectivity index (χ2n) is 6.70. The van der Waals surface area contributed by atoms with Crippen LogP contribution in [-0.2, 0) is 11.3 Å². The first-order valence-corrected chi connectivity index (χ1v) is 8.99. The molecule has 0 aliphatic carbocycles. The summed E-state index contributed by atoms with van der Waals surface area (Å²) in [7, 11) is 0. The average Bonchev–Trinajstić information content (AvgIpc) is 3.23. The van der Waals surface area contributed by atoms with E-state index in [-0.39, 0.29) is 5.91 Å². The van der Waals surface area contributed by atoms with Crippen LogP contribution in [-0.4, -0.2) is 32.2 Å². The number of hydrogen-bond acceptors (Lipinski definition) is 5. The first-order valence-electron chi connectivity index (χ1n) is 8.11. The molecule has 0 fully saturated rings. The highest BCUT2D eigenvalue weighted by molar-refractivity contribution is 7.13. The Balaban J connectivity index is 1.85. The monoisotopic (exact) mass is 355 g/mol. The van der Waals surface area contributed by atoms with Crippen molar-refractivity contribution in [3.8, 4) is 21.8 Å². The predicted molar refractivity (Wildman–Crippen MR) is 99.0 cm³/mol. The molecule has 0 aromatic carbocycles. The van der Waals surface area contributed by atoms with Crippen molar-refractivity contribution in [2.75, 3.05) is 6.54 Å². The summed E-state index contributed by atoms with van der Waals surface area (Å²) in [6, 6.07) is 4.07. The molecule has 1 N–H and O–H groups in total. The molecule has 0 saturated heterocycles. The van der Waals surface area contributed by atoms with E-state index in [0.717, 1.165) is 21.8 Å². The van der Waals surface area contributed by atoms with E-state index in [1.54, 1.807) is 29.9 Å². The minimum absolute atomic E-state index is 0.0338. The van der Waals surface area contributed by atoms with Crippen molar-refractivity contribution >= 4 is 17.2 Å². The fourth-order valence-electron chi connectivity index (χ4n) is 2.39. The molecule has 3 aromatic heterocycles. The van der Waals surface area contributed by atoms with E-state index in [9.17, 15) is 4.79 Å². The molecule has 0 aliphatic rings. The van der Waals surface area contributed by atoms with Crippen LogP contribution in [0.1, 0.15) is 20.8 Å². The quantitative estimate of drug-likeness (QED) is 0.763. The normalized spacial score (nSPS) is 11.5. The van der Waals surface area contributed by atoms with Gasteiger partial charge in [0.1, 0.15) is 0 Å². The smallest absolute Gasteiger partial charge is 0.225 e. The number of amides is 1. The second-order valence-corrected chi connectivity index (χ2v) is 7.65. The van der Waals surface area contributed by atoms with Gasteiger partial charge in [0.25, 0.3) is 0 Å². The van der Waals surface area contributed by atoms with Crippen LogP contribution in [0.15, 0.2) is 42.3 Å². The summed E-state index contributed by atoms with van der Waals surface area (Å²) in [5.74, 6) is 0.0338. The topological polar surface area (TPSA) is 72.7 Å². The molecular weight excluding hydrogens is 334 g/mol. The maximum Gasteiger partial charge on any atom is 0.225 e. The van der Waals surface area contributed by atoms with Crippen molar-refractivity contribution in [2.24, 2.45) is 5.41 Å². The van der Waals surface area contributed by atoms with E-state index in [1.807, 2.05) is 43.1 Å². The van der Waals surface area contributed by atoms with Crippen molar-refractivity contribution in [2.45, 2.75) is 27.3 Å². The molecule has 3 aromatic rings. The number of nitrogens with one attached hydrogen (secondary N) is 1. The Bertz CT molecular complexity index is 834. The number of carbonyl (C=O) groups excluding carboxylic acids is 1. The molecule has 3 rings (SSSR count). The Morgan fingerprint density at radius 2 is 2.12 bits per heavy atom. The Morgan fingerprint density at radius 1 is 1.28 bits per heavy atom. The van der Waals surface area contributed by atoms with Gasteiger partial charge in [-0.15, -0.1) is 11.3 Å². The van der Waals surface area contributed by atoms with Gasteiger partial charge >= 0.3 is 0 Å². The highest BCUT2D eigenvalue weighted by Gasteiger charge is 2.21. The van der Waals surface area contributed by atoms with Gasteiger partial charge in [-0.1, -0.05) is 26.8 Å². The maximum atomic E-state index is 12.0. The summed E-state index contributed by atoms with van der Waals surface area (Å²) in [4.78, 5) is 21.7. The minimum Gasteiger partial charge on any atom is -0.354 e. The van der Waals surface area contributed by atoms with Gasteiger partial charge in [0.2, 0.25) is 5.91 Å². The van der Waals surface area contributed by atoms with Gasteiger partial charge < -0.3 is 5.32 Å². The summed E-state index contributed by atoms with van der Waals surface area (Å²) >= 11 is 1.65. The van der Waals surface area contributed by atoms with E-state index < -0.39 is 5.41 Å². The Labute approximate surface area is 150 Å². The van der Waals surface area contributed by atoms with Crippen LogP contribution in [0.3, 0.4) is 0 Å². The van der Waals surface area contributed by atoms with Gasteiger partial charge in [0.05, 0.1) is 35.2 Å². The van der Waals surface area contributed by atoms with Crippen LogP contribution in [0, 0.1) is 5.41 Å². The molecule has 0 bridgehead atoms. The maximum absolute atomic E-state index is 12.0. The predicted octanol–water partition coefficient (Wildman–Crippen LogP) is 3.23. The highest BCUT2D eigenvalue weighted by Crippen LogP contribution is 2.33. The molecule has 6 nitrogen and oxygen atoms in total. The van der Waals surface area contributed by atoms with Crippen LogP contribution in [0.25, 0.3) is 21.8 Å². The highest BCUT2D eigenvalue weighted by atomic mass is 32.1. The number of hydrogen-bond donors (Lipinski definition) is 1. The number of thiophene rings is 1. The van der Waals surface area contributed by atoms with Crippen molar-refractivity contribution in [3.05, 3.63) is 42.3 Å². The third-order valence-electron chi connectivity index (χ3n) is 3.72. The lowest BCUT2D eigenvalue weighted by atomic mass is 9.96. The zero-order chi connectivity index (χ0) is 17.9. The summed E-state index contributed by atoms with van der Waals surface area (Å²) in [5, 5.41) is 9.52. The Kier molecular flexibility index (Phi) is 4.94. The molecule has 0 aliphatic heterocycles. The molecule has 130 valence electrons. The van der Waals surface area contributed by atoms with E-state index in [2.05, 4.69) is 26.4 Å². The zero-order valence-electron chi connectivity index (χ0n) is 14.6. The lowest BCUT2D eigenvalue weighted by molar-refractivity contribution is -0.128. The standard InChI is InChI=1S/C18H21N5OS/c1-18(2,3)17(24)21-8-9-23-16(15-5-4-10-25-15)13(11-22-23)14-12-19-6-7-20-14/h4-7,10-12H,8-9H2,1-3H3,(H,21,24). The summed E-state index contributed by atoms with van der Waals surface area (Å²) in [5.41, 5.74) is 2.33. The fourth-order valence-corrected chi connectivity index (χ4v) is 3.18.